The number of carbonyl (C=O) groups excluding carboxylic acids is 1. The number of hydrogen-bond acceptors (Lipinski definition) is 4. The zero-order chi connectivity index (χ0) is 11.7. The van der Waals surface area contributed by atoms with E-state index in [0.717, 1.165) is 18.4 Å². The van der Waals surface area contributed by atoms with Gasteiger partial charge in [0.2, 0.25) is 0 Å². The van der Waals surface area contributed by atoms with Gasteiger partial charge in [-0.1, -0.05) is 5.16 Å². The van der Waals surface area contributed by atoms with Crippen molar-refractivity contribution < 1.29 is 9.32 Å². The molecule has 5 heteroatoms. The molecule has 1 aliphatic carbocycles. The first kappa shape index (κ1) is 10.5. The summed E-state index contributed by atoms with van der Waals surface area (Å²) in [6.45, 7) is 0. The van der Waals surface area contributed by atoms with Gasteiger partial charge in [-0.25, -0.2) is 0 Å². The van der Waals surface area contributed by atoms with Gasteiger partial charge in [0.15, 0.2) is 11.5 Å². The van der Waals surface area contributed by atoms with E-state index in [-0.39, 0.29) is 5.91 Å². The minimum Gasteiger partial charge on any atom is -0.355 e. The van der Waals surface area contributed by atoms with E-state index in [1.54, 1.807) is 17.4 Å². The van der Waals surface area contributed by atoms with Gasteiger partial charge in [-0.3, -0.25) is 4.79 Å². The van der Waals surface area contributed by atoms with Gasteiger partial charge in [-0.05, 0) is 30.7 Å². The molecule has 17 heavy (non-hydrogen) atoms. The van der Waals surface area contributed by atoms with Crippen molar-refractivity contribution in [1.82, 2.24) is 10.5 Å². The number of aromatic nitrogens is 1. The maximum absolute atomic E-state index is 11.8. The van der Waals surface area contributed by atoms with E-state index in [0.29, 0.717) is 17.5 Å². The SMILES string of the molecule is O=C(NC1CCC1)c1cc(-c2ccsc2)on1. The van der Waals surface area contributed by atoms with Crippen molar-refractivity contribution in [3.8, 4) is 11.3 Å². The second-order valence-corrected chi connectivity index (χ2v) is 4.97. The molecule has 0 saturated heterocycles. The van der Waals surface area contributed by atoms with Crippen LogP contribution < -0.4 is 5.32 Å². The minimum atomic E-state index is -0.139. The third-order valence-electron chi connectivity index (χ3n) is 2.99. The first-order chi connectivity index (χ1) is 8.33. The van der Waals surface area contributed by atoms with Crippen molar-refractivity contribution in [2.75, 3.05) is 0 Å². The van der Waals surface area contributed by atoms with Crippen molar-refractivity contribution in [3.05, 3.63) is 28.6 Å². The monoisotopic (exact) mass is 248 g/mol. The van der Waals surface area contributed by atoms with E-state index in [1.807, 2.05) is 16.8 Å². The highest BCUT2D eigenvalue weighted by Crippen LogP contribution is 2.23. The van der Waals surface area contributed by atoms with Crippen LogP contribution in [0.15, 0.2) is 27.4 Å². The molecule has 4 nitrogen and oxygen atoms in total. The van der Waals surface area contributed by atoms with Crippen LogP contribution in [0.1, 0.15) is 29.8 Å². The van der Waals surface area contributed by atoms with Gasteiger partial charge in [-0.2, -0.15) is 11.3 Å². The van der Waals surface area contributed by atoms with E-state index in [4.69, 9.17) is 4.52 Å². The van der Waals surface area contributed by atoms with Crippen molar-refractivity contribution in [1.29, 1.82) is 0 Å². The molecule has 0 aromatic carbocycles. The number of rotatable bonds is 3. The molecule has 1 fully saturated rings. The summed E-state index contributed by atoms with van der Waals surface area (Å²) in [5.41, 5.74) is 1.32. The zero-order valence-electron chi connectivity index (χ0n) is 9.18. The number of nitrogens with zero attached hydrogens (tertiary/aromatic N) is 1. The summed E-state index contributed by atoms with van der Waals surface area (Å²) in [7, 11) is 0. The zero-order valence-corrected chi connectivity index (χ0v) is 10.00. The predicted octanol–water partition coefficient (Wildman–Crippen LogP) is 2.69. The van der Waals surface area contributed by atoms with Crippen LogP contribution in [-0.2, 0) is 0 Å². The van der Waals surface area contributed by atoms with Gasteiger partial charge in [0.05, 0.1) is 0 Å². The average molecular weight is 248 g/mol. The van der Waals surface area contributed by atoms with E-state index < -0.39 is 0 Å². The Bertz CT molecular complexity index is 514. The molecule has 0 radical (unpaired) electrons. The highest BCUT2D eigenvalue weighted by atomic mass is 32.1. The molecule has 1 N–H and O–H groups in total. The molecule has 0 spiro atoms. The summed E-state index contributed by atoms with van der Waals surface area (Å²) in [5, 5.41) is 10.7. The molecule has 0 unspecified atom stereocenters. The minimum absolute atomic E-state index is 0.139. The van der Waals surface area contributed by atoms with Gasteiger partial charge in [0, 0.05) is 23.1 Å². The highest BCUT2D eigenvalue weighted by molar-refractivity contribution is 7.08. The summed E-state index contributed by atoms with van der Waals surface area (Å²) in [6.07, 6.45) is 3.34. The highest BCUT2D eigenvalue weighted by Gasteiger charge is 2.22. The molecule has 2 aromatic heterocycles. The fourth-order valence-electron chi connectivity index (χ4n) is 1.73. The maximum Gasteiger partial charge on any atom is 0.273 e. The van der Waals surface area contributed by atoms with E-state index in [2.05, 4.69) is 10.5 Å². The molecule has 1 saturated carbocycles. The Kier molecular flexibility index (Phi) is 2.68. The number of nitrogens with one attached hydrogen (secondary N) is 1. The molecule has 0 aliphatic heterocycles. The van der Waals surface area contributed by atoms with Crippen LogP contribution >= 0.6 is 11.3 Å². The van der Waals surface area contributed by atoms with Crippen LogP contribution in [0.3, 0.4) is 0 Å². The lowest BCUT2D eigenvalue weighted by Crippen LogP contribution is -2.39. The first-order valence-corrected chi connectivity index (χ1v) is 6.57. The van der Waals surface area contributed by atoms with Crippen LogP contribution in [0.5, 0.6) is 0 Å². The number of carbonyl (C=O) groups is 1. The van der Waals surface area contributed by atoms with E-state index in [9.17, 15) is 4.79 Å². The fraction of sp³-hybridized carbons (Fsp3) is 0.333. The summed E-state index contributed by atoms with van der Waals surface area (Å²) in [4.78, 5) is 11.8. The summed E-state index contributed by atoms with van der Waals surface area (Å²) in [5.74, 6) is 0.505. The fourth-order valence-corrected chi connectivity index (χ4v) is 2.38. The Morgan fingerprint density at radius 2 is 2.41 bits per heavy atom. The van der Waals surface area contributed by atoms with Crippen LogP contribution in [0, 0.1) is 0 Å². The van der Waals surface area contributed by atoms with Gasteiger partial charge in [-0.15, -0.1) is 0 Å². The lowest BCUT2D eigenvalue weighted by Gasteiger charge is -2.25. The molecule has 2 heterocycles. The largest absolute Gasteiger partial charge is 0.355 e. The lowest BCUT2D eigenvalue weighted by atomic mass is 9.93. The van der Waals surface area contributed by atoms with Crippen molar-refractivity contribution in [2.45, 2.75) is 25.3 Å². The van der Waals surface area contributed by atoms with Gasteiger partial charge in [0.1, 0.15) is 0 Å². The smallest absolute Gasteiger partial charge is 0.273 e. The van der Waals surface area contributed by atoms with Gasteiger partial charge >= 0.3 is 0 Å². The van der Waals surface area contributed by atoms with Crippen molar-refractivity contribution >= 4 is 17.2 Å². The van der Waals surface area contributed by atoms with Crippen LogP contribution in [-0.4, -0.2) is 17.1 Å². The molecular weight excluding hydrogens is 236 g/mol. The predicted molar refractivity (Wildman–Crippen MR) is 64.9 cm³/mol. The Hall–Kier alpha value is -1.62. The number of thiophene rings is 1. The maximum atomic E-state index is 11.8. The quantitative estimate of drug-likeness (QED) is 0.908. The van der Waals surface area contributed by atoms with Crippen LogP contribution in [0.25, 0.3) is 11.3 Å². The molecular formula is C12H12N2O2S. The third-order valence-corrected chi connectivity index (χ3v) is 3.67. The molecule has 2 aromatic rings. The molecule has 0 atom stereocenters. The second-order valence-electron chi connectivity index (χ2n) is 4.19. The first-order valence-electron chi connectivity index (χ1n) is 5.63. The summed E-state index contributed by atoms with van der Waals surface area (Å²) < 4.78 is 5.16. The number of amides is 1. The van der Waals surface area contributed by atoms with E-state index in [1.165, 1.54) is 6.42 Å². The molecule has 0 bridgehead atoms. The Morgan fingerprint density at radius 1 is 1.53 bits per heavy atom. The molecule has 88 valence electrons. The average Bonchev–Trinajstić information content (AvgIpc) is 2.91. The molecule has 3 rings (SSSR count). The molecule has 1 amide bonds. The standard InChI is InChI=1S/C12H12N2O2S/c15-12(13-9-2-1-3-9)10-6-11(16-14-10)8-4-5-17-7-8/h4-7,9H,1-3H2,(H,13,15). The molecule has 1 aliphatic rings. The van der Waals surface area contributed by atoms with E-state index >= 15 is 0 Å². The van der Waals surface area contributed by atoms with Gasteiger partial charge in [0.25, 0.3) is 5.91 Å². The number of hydrogen-bond donors (Lipinski definition) is 1. The van der Waals surface area contributed by atoms with Crippen LogP contribution in [0.2, 0.25) is 0 Å². The van der Waals surface area contributed by atoms with Crippen molar-refractivity contribution in [3.63, 3.8) is 0 Å². The Labute approximate surface area is 103 Å². The van der Waals surface area contributed by atoms with Gasteiger partial charge < -0.3 is 9.84 Å². The second kappa shape index (κ2) is 4.33. The van der Waals surface area contributed by atoms with Crippen LogP contribution in [0.4, 0.5) is 0 Å². The lowest BCUT2D eigenvalue weighted by molar-refractivity contribution is 0.0908. The third kappa shape index (κ3) is 2.10. The topological polar surface area (TPSA) is 55.1 Å². The normalized spacial score (nSPS) is 15.5. The summed E-state index contributed by atoms with van der Waals surface area (Å²) >= 11 is 1.59. The Balaban J connectivity index is 1.73. The van der Waals surface area contributed by atoms with Crippen molar-refractivity contribution in [2.24, 2.45) is 0 Å². The Morgan fingerprint density at radius 3 is 3.06 bits per heavy atom. The summed E-state index contributed by atoms with van der Waals surface area (Å²) in [6, 6.07) is 3.96.